The van der Waals surface area contributed by atoms with E-state index in [4.69, 9.17) is 10.00 Å². The molecular weight excluding hydrogens is 255 g/mol. The molecule has 0 saturated heterocycles. The molecule has 0 aliphatic heterocycles. The zero-order chi connectivity index (χ0) is 14.4. The summed E-state index contributed by atoms with van der Waals surface area (Å²) >= 11 is 0. The van der Waals surface area contributed by atoms with Crippen LogP contribution in [0.3, 0.4) is 0 Å². The normalized spacial score (nSPS) is 9.85. The summed E-state index contributed by atoms with van der Waals surface area (Å²) in [6.45, 7) is 2.48. The number of rotatable bonds is 5. The largest absolute Gasteiger partial charge is 0.479 e. The summed E-state index contributed by atoms with van der Waals surface area (Å²) in [7, 11) is 0. The number of hydrogen-bond acceptors (Lipinski definition) is 3. The highest BCUT2D eigenvalue weighted by Gasteiger charge is 2.02. The van der Waals surface area contributed by atoms with Gasteiger partial charge in [0.2, 0.25) is 0 Å². The minimum absolute atomic E-state index is 0.0338. The zero-order valence-corrected chi connectivity index (χ0v) is 11.2. The molecule has 20 heavy (non-hydrogen) atoms. The van der Waals surface area contributed by atoms with E-state index in [2.05, 4.69) is 5.32 Å². The lowest BCUT2D eigenvalue weighted by Gasteiger charge is -2.09. The molecule has 4 heteroatoms. The van der Waals surface area contributed by atoms with Crippen LogP contribution in [0.25, 0.3) is 0 Å². The average molecular weight is 270 g/mol. The van der Waals surface area contributed by atoms with Crippen molar-refractivity contribution >= 4 is 5.69 Å². The molecule has 0 spiro atoms. The second-order valence-electron chi connectivity index (χ2n) is 4.43. The Kier molecular flexibility index (Phi) is 4.56. The summed E-state index contributed by atoms with van der Waals surface area (Å²) in [4.78, 5) is 0. The van der Waals surface area contributed by atoms with Crippen LogP contribution in [0.5, 0.6) is 5.75 Å². The van der Waals surface area contributed by atoms with Gasteiger partial charge < -0.3 is 10.1 Å². The summed E-state index contributed by atoms with van der Waals surface area (Å²) in [5.41, 5.74) is 2.51. The van der Waals surface area contributed by atoms with Crippen LogP contribution in [0.15, 0.2) is 42.5 Å². The summed E-state index contributed by atoms with van der Waals surface area (Å²) in [6, 6.07) is 14.2. The lowest BCUT2D eigenvalue weighted by Crippen LogP contribution is -2.02. The van der Waals surface area contributed by atoms with Gasteiger partial charge in [-0.1, -0.05) is 18.2 Å². The minimum atomic E-state index is -0.260. The summed E-state index contributed by atoms with van der Waals surface area (Å²) < 4.78 is 18.7. The van der Waals surface area contributed by atoms with Crippen LogP contribution in [-0.2, 0) is 6.54 Å². The van der Waals surface area contributed by atoms with Gasteiger partial charge in [-0.3, -0.25) is 0 Å². The molecule has 0 aromatic heterocycles. The third kappa shape index (κ3) is 3.72. The summed E-state index contributed by atoms with van der Waals surface area (Å²) in [6.07, 6.45) is 0. The van der Waals surface area contributed by atoms with Crippen LogP contribution in [0.4, 0.5) is 10.1 Å². The summed E-state index contributed by atoms with van der Waals surface area (Å²) in [5.74, 6) is 0.390. The van der Waals surface area contributed by atoms with Gasteiger partial charge in [-0.2, -0.15) is 5.26 Å². The molecule has 0 fully saturated rings. The molecule has 2 aromatic rings. The van der Waals surface area contributed by atoms with Crippen molar-refractivity contribution in [1.82, 2.24) is 0 Å². The topological polar surface area (TPSA) is 45.0 Å². The third-order valence-electron chi connectivity index (χ3n) is 2.83. The highest BCUT2D eigenvalue weighted by molar-refractivity contribution is 5.47. The molecule has 2 aromatic carbocycles. The molecule has 0 bridgehead atoms. The van der Waals surface area contributed by atoms with Gasteiger partial charge in [-0.25, -0.2) is 4.39 Å². The fraction of sp³-hybridized carbons (Fsp3) is 0.188. The quantitative estimate of drug-likeness (QED) is 0.902. The van der Waals surface area contributed by atoms with Crippen molar-refractivity contribution in [3.05, 3.63) is 59.4 Å². The first-order valence-electron chi connectivity index (χ1n) is 6.28. The number of aryl methyl sites for hydroxylation is 1. The van der Waals surface area contributed by atoms with Crippen molar-refractivity contribution in [2.45, 2.75) is 13.5 Å². The lowest BCUT2D eigenvalue weighted by molar-refractivity contribution is 0.368. The highest BCUT2D eigenvalue weighted by atomic mass is 19.1. The van der Waals surface area contributed by atoms with Crippen LogP contribution >= 0.6 is 0 Å². The maximum absolute atomic E-state index is 13.6. The Labute approximate surface area is 117 Å². The molecule has 0 heterocycles. The van der Waals surface area contributed by atoms with E-state index in [0.29, 0.717) is 18.0 Å². The molecule has 0 aliphatic carbocycles. The van der Waals surface area contributed by atoms with Gasteiger partial charge in [0, 0.05) is 6.54 Å². The zero-order valence-electron chi connectivity index (χ0n) is 11.2. The molecule has 0 unspecified atom stereocenters. The van der Waals surface area contributed by atoms with Gasteiger partial charge in [-0.05, 0) is 42.3 Å². The van der Waals surface area contributed by atoms with E-state index in [1.807, 2.05) is 25.1 Å². The second-order valence-corrected chi connectivity index (χ2v) is 4.43. The van der Waals surface area contributed by atoms with Crippen LogP contribution < -0.4 is 10.1 Å². The number of halogens is 1. The Morgan fingerprint density at radius 3 is 2.65 bits per heavy atom. The van der Waals surface area contributed by atoms with E-state index in [1.165, 1.54) is 6.07 Å². The van der Waals surface area contributed by atoms with Crippen molar-refractivity contribution in [3.63, 3.8) is 0 Å². The molecule has 0 aliphatic rings. The number of ether oxygens (including phenoxy) is 1. The fourth-order valence-electron chi connectivity index (χ4n) is 1.79. The fourth-order valence-corrected chi connectivity index (χ4v) is 1.79. The number of nitrogens with zero attached hydrogens (tertiary/aromatic N) is 1. The number of nitriles is 1. The standard InChI is InChI=1S/C16H15FN2O/c1-12-2-7-15(17)16(10-12)19-11-13-3-5-14(6-4-13)20-9-8-18/h2-7,10,19H,9,11H2,1H3. The van der Waals surface area contributed by atoms with Gasteiger partial charge in [0.05, 0.1) is 5.69 Å². The van der Waals surface area contributed by atoms with E-state index in [0.717, 1.165) is 11.1 Å². The first kappa shape index (κ1) is 13.9. The van der Waals surface area contributed by atoms with Crippen LogP contribution in [0.1, 0.15) is 11.1 Å². The van der Waals surface area contributed by atoms with Gasteiger partial charge in [-0.15, -0.1) is 0 Å². The SMILES string of the molecule is Cc1ccc(F)c(NCc2ccc(OCC#N)cc2)c1. The second kappa shape index (κ2) is 6.58. The Balaban J connectivity index is 1.97. The Morgan fingerprint density at radius 1 is 1.20 bits per heavy atom. The van der Waals surface area contributed by atoms with Crippen molar-refractivity contribution in [3.8, 4) is 11.8 Å². The monoisotopic (exact) mass is 270 g/mol. The van der Waals surface area contributed by atoms with Crippen LogP contribution in [0.2, 0.25) is 0 Å². The number of hydrogen-bond donors (Lipinski definition) is 1. The minimum Gasteiger partial charge on any atom is -0.479 e. The number of benzene rings is 2. The predicted octanol–water partition coefficient (Wildman–Crippen LogP) is 3.65. The molecule has 0 saturated carbocycles. The number of anilines is 1. The lowest BCUT2D eigenvalue weighted by atomic mass is 10.2. The highest BCUT2D eigenvalue weighted by Crippen LogP contribution is 2.18. The first-order chi connectivity index (χ1) is 9.69. The molecule has 0 radical (unpaired) electrons. The first-order valence-corrected chi connectivity index (χ1v) is 6.28. The van der Waals surface area contributed by atoms with E-state index in [-0.39, 0.29) is 12.4 Å². The molecule has 0 amide bonds. The van der Waals surface area contributed by atoms with Crippen LogP contribution in [-0.4, -0.2) is 6.61 Å². The van der Waals surface area contributed by atoms with E-state index in [9.17, 15) is 4.39 Å². The molecule has 0 atom stereocenters. The van der Waals surface area contributed by atoms with Crippen molar-refractivity contribution in [2.75, 3.05) is 11.9 Å². The number of nitrogens with one attached hydrogen (secondary N) is 1. The van der Waals surface area contributed by atoms with E-state index < -0.39 is 0 Å². The van der Waals surface area contributed by atoms with Crippen LogP contribution in [0, 0.1) is 24.1 Å². The van der Waals surface area contributed by atoms with Gasteiger partial charge in [0.25, 0.3) is 0 Å². The maximum Gasteiger partial charge on any atom is 0.174 e. The van der Waals surface area contributed by atoms with Crippen molar-refractivity contribution in [1.29, 1.82) is 5.26 Å². The van der Waals surface area contributed by atoms with Gasteiger partial charge in [0.15, 0.2) is 6.61 Å². The third-order valence-corrected chi connectivity index (χ3v) is 2.83. The molecule has 102 valence electrons. The Bertz CT molecular complexity index is 617. The smallest absolute Gasteiger partial charge is 0.174 e. The molecular formula is C16H15FN2O. The predicted molar refractivity (Wildman–Crippen MR) is 76.0 cm³/mol. The Hall–Kier alpha value is -2.54. The van der Waals surface area contributed by atoms with Gasteiger partial charge in [0.1, 0.15) is 17.6 Å². The summed E-state index contributed by atoms with van der Waals surface area (Å²) in [5, 5.41) is 11.5. The molecule has 3 nitrogen and oxygen atoms in total. The Morgan fingerprint density at radius 2 is 1.95 bits per heavy atom. The maximum atomic E-state index is 13.6. The van der Waals surface area contributed by atoms with E-state index >= 15 is 0 Å². The van der Waals surface area contributed by atoms with Crippen molar-refractivity contribution in [2.24, 2.45) is 0 Å². The average Bonchev–Trinajstić information content (AvgIpc) is 2.47. The van der Waals surface area contributed by atoms with Crippen molar-refractivity contribution < 1.29 is 9.13 Å². The van der Waals surface area contributed by atoms with Gasteiger partial charge >= 0.3 is 0 Å². The van der Waals surface area contributed by atoms with E-state index in [1.54, 1.807) is 24.3 Å². The molecule has 1 N–H and O–H groups in total. The molecule has 2 rings (SSSR count).